The van der Waals surface area contributed by atoms with Crippen molar-refractivity contribution < 1.29 is 9.84 Å². The van der Waals surface area contributed by atoms with Crippen molar-refractivity contribution in [1.29, 1.82) is 0 Å². The van der Waals surface area contributed by atoms with Crippen LogP contribution >= 0.6 is 11.6 Å². The van der Waals surface area contributed by atoms with E-state index in [1.54, 1.807) is 30.3 Å². The molecule has 0 aliphatic heterocycles. The number of aliphatic hydroxyl groups is 1. The van der Waals surface area contributed by atoms with Crippen LogP contribution in [0.25, 0.3) is 10.9 Å². The molecule has 0 spiro atoms. The minimum atomic E-state index is -0.794. The normalized spacial score (nSPS) is 12.4. The Hall–Kier alpha value is -2.21. The minimum absolute atomic E-state index is 0.127. The van der Waals surface area contributed by atoms with Crippen molar-refractivity contribution in [2.24, 2.45) is 0 Å². The summed E-state index contributed by atoms with van der Waals surface area (Å²) >= 11 is 5.82. The Morgan fingerprint density at radius 1 is 1.17 bits per heavy atom. The number of benzene rings is 2. The van der Waals surface area contributed by atoms with E-state index in [-0.39, 0.29) is 18.7 Å². The van der Waals surface area contributed by atoms with Gasteiger partial charge in [-0.25, -0.2) is 4.98 Å². The molecule has 1 N–H and O–H groups in total. The fourth-order valence-electron chi connectivity index (χ4n) is 2.41. The maximum atomic E-state index is 12.3. The molecule has 0 aliphatic rings. The topological polar surface area (TPSA) is 64.4 Å². The highest BCUT2D eigenvalue weighted by atomic mass is 35.5. The molecule has 0 saturated heterocycles. The molecule has 0 aliphatic carbocycles. The second-order valence-electron chi connectivity index (χ2n) is 5.51. The molecule has 0 radical (unpaired) electrons. The predicted octanol–water partition coefficient (Wildman–Crippen LogP) is 2.63. The lowest BCUT2D eigenvalue weighted by Crippen LogP contribution is -2.29. The maximum Gasteiger partial charge on any atom is 0.261 e. The standard InChI is InChI=1S/C18H17ClN2O3/c19-14-7-5-13(6-8-14)10-24-11-15(22)9-21-12-20-17-4-2-1-3-16(17)18(21)23/h1-8,12,15,22H,9-11H2/t15-/m1/s1. The first-order valence-electron chi connectivity index (χ1n) is 7.58. The first kappa shape index (κ1) is 16.6. The van der Waals surface area contributed by atoms with Gasteiger partial charge in [0.25, 0.3) is 5.56 Å². The number of hydrogen-bond donors (Lipinski definition) is 1. The average Bonchev–Trinajstić information content (AvgIpc) is 2.59. The van der Waals surface area contributed by atoms with Gasteiger partial charge < -0.3 is 9.84 Å². The molecule has 0 unspecified atom stereocenters. The molecule has 2 aromatic carbocycles. The average molecular weight is 345 g/mol. The number of para-hydroxylation sites is 1. The Balaban J connectivity index is 1.58. The van der Waals surface area contributed by atoms with Gasteiger partial charge in [-0.15, -0.1) is 0 Å². The van der Waals surface area contributed by atoms with Crippen LogP contribution in [0.3, 0.4) is 0 Å². The zero-order valence-corrected chi connectivity index (χ0v) is 13.7. The fraction of sp³-hybridized carbons (Fsp3) is 0.222. The number of halogens is 1. The van der Waals surface area contributed by atoms with E-state index in [0.717, 1.165) is 5.56 Å². The zero-order chi connectivity index (χ0) is 16.9. The third-order valence-corrected chi connectivity index (χ3v) is 3.88. The van der Waals surface area contributed by atoms with E-state index in [1.165, 1.54) is 10.9 Å². The summed E-state index contributed by atoms with van der Waals surface area (Å²) in [5.41, 5.74) is 1.45. The molecule has 3 aromatic rings. The van der Waals surface area contributed by atoms with Gasteiger partial charge in [0, 0.05) is 5.02 Å². The molecule has 5 nitrogen and oxygen atoms in total. The molecule has 3 rings (SSSR count). The highest BCUT2D eigenvalue weighted by molar-refractivity contribution is 6.30. The summed E-state index contributed by atoms with van der Waals surface area (Å²) in [5.74, 6) is 0. The predicted molar refractivity (Wildman–Crippen MR) is 93.1 cm³/mol. The molecule has 0 bridgehead atoms. The molecule has 0 amide bonds. The van der Waals surface area contributed by atoms with E-state index in [4.69, 9.17) is 16.3 Å². The maximum absolute atomic E-state index is 12.3. The largest absolute Gasteiger partial charge is 0.389 e. The van der Waals surface area contributed by atoms with Gasteiger partial charge in [0.1, 0.15) is 0 Å². The van der Waals surface area contributed by atoms with Crippen LogP contribution in [0.5, 0.6) is 0 Å². The summed E-state index contributed by atoms with van der Waals surface area (Å²) in [6.07, 6.45) is 0.658. The number of fused-ring (bicyclic) bond motifs is 1. The van der Waals surface area contributed by atoms with Crippen LogP contribution < -0.4 is 5.56 Å². The van der Waals surface area contributed by atoms with Crippen molar-refractivity contribution in [3.63, 3.8) is 0 Å². The quantitative estimate of drug-likeness (QED) is 0.746. The van der Waals surface area contributed by atoms with Gasteiger partial charge in [-0.05, 0) is 29.8 Å². The molecule has 0 fully saturated rings. The second-order valence-corrected chi connectivity index (χ2v) is 5.95. The Bertz CT molecular complexity index is 877. The van der Waals surface area contributed by atoms with E-state index in [2.05, 4.69) is 4.98 Å². The van der Waals surface area contributed by atoms with Crippen molar-refractivity contribution in [1.82, 2.24) is 9.55 Å². The monoisotopic (exact) mass is 344 g/mol. The number of aromatic nitrogens is 2. The summed E-state index contributed by atoms with van der Waals surface area (Å²) in [4.78, 5) is 16.6. The van der Waals surface area contributed by atoms with E-state index >= 15 is 0 Å². The molecule has 1 heterocycles. The van der Waals surface area contributed by atoms with Crippen molar-refractivity contribution in [2.75, 3.05) is 6.61 Å². The van der Waals surface area contributed by atoms with E-state index in [9.17, 15) is 9.90 Å². The smallest absolute Gasteiger partial charge is 0.261 e. The van der Waals surface area contributed by atoms with Gasteiger partial charge in [0.2, 0.25) is 0 Å². The zero-order valence-electron chi connectivity index (χ0n) is 12.9. The summed E-state index contributed by atoms with van der Waals surface area (Å²) in [6.45, 7) is 0.637. The van der Waals surface area contributed by atoms with Crippen LogP contribution in [-0.2, 0) is 17.9 Å². The summed E-state index contributed by atoms with van der Waals surface area (Å²) < 4.78 is 6.89. The van der Waals surface area contributed by atoms with Gasteiger partial charge in [0.15, 0.2) is 0 Å². The lowest BCUT2D eigenvalue weighted by molar-refractivity contribution is 0.0198. The Labute approximate surface area is 144 Å². The highest BCUT2D eigenvalue weighted by Crippen LogP contribution is 2.10. The van der Waals surface area contributed by atoms with E-state index < -0.39 is 6.10 Å². The first-order chi connectivity index (χ1) is 11.6. The van der Waals surface area contributed by atoms with Crippen LogP contribution in [0, 0.1) is 0 Å². The van der Waals surface area contributed by atoms with Crippen LogP contribution in [0.15, 0.2) is 59.7 Å². The molecule has 24 heavy (non-hydrogen) atoms. The molecule has 0 saturated carbocycles. The lowest BCUT2D eigenvalue weighted by atomic mass is 10.2. The second kappa shape index (κ2) is 7.57. The molecule has 1 atom stereocenters. The molecule has 6 heteroatoms. The van der Waals surface area contributed by atoms with Gasteiger partial charge >= 0.3 is 0 Å². The van der Waals surface area contributed by atoms with Crippen molar-refractivity contribution >= 4 is 22.5 Å². The van der Waals surface area contributed by atoms with Crippen LogP contribution in [0.2, 0.25) is 5.02 Å². The number of rotatable bonds is 6. The van der Waals surface area contributed by atoms with Gasteiger partial charge in [-0.3, -0.25) is 9.36 Å². The van der Waals surface area contributed by atoms with Crippen LogP contribution in [-0.4, -0.2) is 27.4 Å². The summed E-state index contributed by atoms with van der Waals surface area (Å²) in [6, 6.07) is 14.4. The van der Waals surface area contributed by atoms with Gasteiger partial charge in [0.05, 0.1) is 43.1 Å². The third-order valence-electron chi connectivity index (χ3n) is 3.63. The molecule has 1 aromatic heterocycles. The first-order valence-corrected chi connectivity index (χ1v) is 7.96. The van der Waals surface area contributed by atoms with Gasteiger partial charge in [-0.1, -0.05) is 35.9 Å². The number of aliphatic hydroxyl groups excluding tert-OH is 1. The minimum Gasteiger partial charge on any atom is -0.389 e. The summed E-state index contributed by atoms with van der Waals surface area (Å²) in [7, 11) is 0. The third kappa shape index (κ3) is 4.00. The number of nitrogens with zero attached hydrogens (tertiary/aromatic N) is 2. The van der Waals surface area contributed by atoms with Crippen molar-refractivity contribution in [3.05, 3.63) is 75.8 Å². The number of hydrogen-bond acceptors (Lipinski definition) is 4. The van der Waals surface area contributed by atoms with Crippen molar-refractivity contribution in [3.8, 4) is 0 Å². The van der Waals surface area contributed by atoms with E-state index in [1.807, 2.05) is 18.2 Å². The van der Waals surface area contributed by atoms with E-state index in [0.29, 0.717) is 22.5 Å². The van der Waals surface area contributed by atoms with Crippen molar-refractivity contribution in [2.45, 2.75) is 19.3 Å². The number of ether oxygens (including phenoxy) is 1. The molecule has 124 valence electrons. The molecular weight excluding hydrogens is 328 g/mol. The SMILES string of the molecule is O=c1c2ccccc2ncn1C[C@@H](O)COCc1ccc(Cl)cc1. The molecular formula is C18H17ClN2O3. The van der Waals surface area contributed by atoms with Crippen LogP contribution in [0.1, 0.15) is 5.56 Å². The van der Waals surface area contributed by atoms with Crippen LogP contribution in [0.4, 0.5) is 0 Å². The Kier molecular flexibility index (Phi) is 5.25. The highest BCUT2D eigenvalue weighted by Gasteiger charge is 2.09. The Morgan fingerprint density at radius 3 is 2.71 bits per heavy atom. The lowest BCUT2D eigenvalue weighted by Gasteiger charge is -2.13. The Morgan fingerprint density at radius 2 is 1.92 bits per heavy atom. The summed E-state index contributed by atoms with van der Waals surface area (Å²) in [5, 5.41) is 11.3. The van der Waals surface area contributed by atoms with Gasteiger partial charge in [-0.2, -0.15) is 0 Å². The fourth-order valence-corrected chi connectivity index (χ4v) is 2.54.